The van der Waals surface area contributed by atoms with Crippen LogP contribution in [-0.4, -0.2) is 109 Å². The van der Waals surface area contributed by atoms with Crippen molar-refractivity contribution in [2.24, 2.45) is 10.1 Å². The maximum absolute atomic E-state index is 11.6. The van der Waals surface area contributed by atoms with E-state index in [0.717, 1.165) is 22.7 Å². The number of nitrogens with zero attached hydrogens (tertiary/aromatic N) is 11. The molecule has 0 atom stereocenters. The predicted molar refractivity (Wildman–Crippen MR) is 367 cm³/mol. The van der Waals surface area contributed by atoms with Crippen LogP contribution in [0.1, 0.15) is 202 Å². The fourth-order valence-corrected chi connectivity index (χ4v) is 9.63. The van der Waals surface area contributed by atoms with E-state index in [4.69, 9.17) is 0 Å². The molecular formula is C65H105N17O11. The molecule has 28 heteroatoms. The number of H-pyrrole nitrogens is 3. The van der Waals surface area contributed by atoms with E-state index in [2.05, 4.69) is 91.6 Å². The summed E-state index contributed by atoms with van der Waals surface area (Å²) in [5.74, 6) is 2.70. The molecule has 0 fully saturated rings. The first kappa shape index (κ1) is 81.8. The van der Waals surface area contributed by atoms with Gasteiger partial charge in [0.15, 0.2) is 0 Å². The summed E-state index contributed by atoms with van der Waals surface area (Å²) >= 11 is 0. The van der Waals surface area contributed by atoms with Crippen molar-refractivity contribution in [2.75, 3.05) is 0 Å². The second-order valence-electron chi connectivity index (χ2n) is 29.2. The van der Waals surface area contributed by atoms with Crippen LogP contribution in [0.4, 0.5) is 4.79 Å². The molecule has 3 aliphatic rings. The van der Waals surface area contributed by atoms with Gasteiger partial charge < -0.3 is 30.1 Å². The van der Waals surface area contributed by atoms with E-state index in [1.165, 1.54) is 15.3 Å². The zero-order chi connectivity index (χ0) is 73.3. The third-order valence-corrected chi connectivity index (χ3v) is 13.4. The van der Waals surface area contributed by atoms with Crippen LogP contribution in [-0.2, 0) is 31.7 Å². The summed E-state index contributed by atoms with van der Waals surface area (Å²) < 4.78 is 5.98. The van der Waals surface area contributed by atoms with Gasteiger partial charge in [0, 0.05) is 62.0 Å². The minimum atomic E-state index is -0.594. The van der Waals surface area contributed by atoms with E-state index in [0.29, 0.717) is 46.1 Å². The first-order chi connectivity index (χ1) is 41.6. The molecule has 4 aromatic heterocycles. The fraction of sp³-hybridized carbons (Fsp3) is 0.569. The summed E-state index contributed by atoms with van der Waals surface area (Å²) in [6.07, 6.45) is 0. The first-order valence-electron chi connectivity index (χ1n) is 30.0. The van der Waals surface area contributed by atoms with E-state index >= 15 is 0 Å². The average Bonchev–Trinajstić information content (AvgIpc) is 0.832. The molecule has 0 saturated carbocycles. The Morgan fingerprint density at radius 2 is 0.925 bits per heavy atom. The lowest BCUT2D eigenvalue weighted by Gasteiger charge is -2.42. The number of carbonyl (C=O) groups excluding carboxylic acids is 3. The Morgan fingerprint density at radius 1 is 0.473 bits per heavy atom. The minimum Gasteiger partial charge on any atom is -0.508 e. The summed E-state index contributed by atoms with van der Waals surface area (Å²) in [5.41, 5.74) is 0.236. The number of amides is 4. The highest BCUT2D eigenvalue weighted by molar-refractivity contribution is 6.38. The number of aromatic nitrogens is 9. The van der Waals surface area contributed by atoms with Gasteiger partial charge in [-0.2, -0.15) is 20.2 Å². The molecule has 0 spiro atoms. The van der Waals surface area contributed by atoms with Gasteiger partial charge in [0.2, 0.25) is 0 Å². The number of nitrogens with one attached hydrogen (secondary N) is 6. The van der Waals surface area contributed by atoms with Gasteiger partial charge in [-0.15, -0.1) is 0 Å². The Kier molecular flexibility index (Phi) is 26.8. The number of aromatic amines is 3. The highest BCUT2D eigenvalue weighted by atomic mass is 16.3. The number of hydrazone groups is 1. The number of aliphatic imine (C=N–C) groups is 1. The quantitative estimate of drug-likeness (QED) is 0.0910. The standard InChI is InChI=1S/C11H18N2O.C10H16N2O2.C10H15NO2.2C9H15N3O.2C8H13N3O2/c1-7-8(2)13(11(4,5)6)9(3)12-10(7)14;1-6-7(2)12(10(3,4)5)9(14)11-8(6)13;1-7-5-8(12)6-9(13)11(7)10(2,3)4;1-6-10-8(13)11-7(2)12(6)9(3,4)5;1-6-8(13)10-7(2)12(11-6)9(3,4)5;1-5-9-6(12)10-7(13)11(5)8(2,3)4;1-5-6(12)9-7(13)11(10-5)8(2,3)4/h3H2,1-2,4-6H3,(H,12,14);1-5H3,(H,11,13,14);5-6,12H,1-4H3;1H2,2-5H3,(H,10,13);2H2,1,3-5H3,(H,10,13);1-4H3,(H,10,12,13);1-4H3,(H,9,12,13). The molecule has 0 radical (unpaired) electrons. The van der Waals surface area contributed by atoms with Crippen molar-refractivity contribution in [3.05, 3.63) is 162 Å². The van der Waals surface area contributed by atoms with Gasteiger partial charge in [-0.05, 0) is 214 Å². The molecule has 4 aromatic rings. The Hall–Kier alpha value is -9.24. The lowest BCUT2D eigenvalue weighted by Crippen LogP contribution is -2.51. The minimum absolute atomic E-state index is 0.0306. The van der Waals surface area contributed by atoms with Crippen molar-refractivity contribution in [3.8, 4) is 5.75 Å². The topological polar surface area (TPSA) is 354 Å². The van der Waals surface area contributed by atoms with E-state index in [1.54, 1.807) is 61.8 Å². The number of pyridine rings is 1. The van der Waals surface area contributed by atoms with Gasteiger partial charge in [0.25, 0.3) is 28.5 Å². The van der Waals surface area contributed by atoms with Gasteiger partial charge in [0.05, 0.1) is 11.1 Å². The van der Waals surface area contributed by atoms with Crippen molar-refractivity contribution in [1.82, 2.24) is 74.2 Å². The third-order valence-electron chi connectivity index (χ3n) is 13.4. The molecule has 7 N–H and O–H groups in total. The van der Waals surface area contributed by atoms with Crippen molar-refractivity contribution in [1.29, 1.82) is 0 Å². The SMILES string of the molecule is C=C1NC(=O)C(C)=C(C)N1C(C)(C)C.C=C1NC(=O)C(C)=NN1C(C)(C)C.C=C1NC(=O)N=C(C)N1C(C)(C)C.Cc1c(C)n(C(C)(C)C)c(=O)[nH]c1=O.Cc1cc(O)cc(=O)n1C(C)(C)C.Cc1nc(=O)[nH]c(=O)n1C(C)(C)C.Cc1nn(C(C)(C)C)c(=O)[nH]c1=O. The largest absolute Gasteiger partial charge is 0.508 e. The molecule has 93 heavy (non-hydrogen) atoms. The molecule has 516 valence electrons. The highest BCUT2D eigenvalue weighted by Crippen LogP contribution is 2.28. The van der Waals surface area contributed by atoms with Crippen LogP contribution >= 0.6 is 0 Å². The highest BCUT2D eigenvalue weighted by Gasteiger charge is 2.33. The second kappa shape index (κ2) is 30.5. The molecule has 0 saturated heterocycles. The lowest BCUT2D eigenvalue weighted by molar-refractivity contribution is -0.118. The summed E-state index contributed by atoms with van der Waals surface area (Å²) in [4.78, 5) is 130. The number of aromatic hydroxyl groups is 1. The van der Waals surface area contributed by atoms with Crippen LogP contribution in [0, 0.1) is 34.6 Å². The van der Waals surface area contributed by atoms with Crippen LogP contribution in [0.2, 0.25) is 0 Å². The van der Waals surface area contributed by atoms with Crippen molar-refractivity contribution < 1.29 is 19.5 Å². The summed E-state index contributed by atoms with van der Waals surface area (Å²) in [6, 6.07) is 2.48. The predicted octanol–water partition coefficient (Wildman–Crippen LogP) is 7.26. The lowest BCUT2D eigenvalue weighted by atomic mass is 10.0. The van der Waals surface area contributed by atoms with E-state index < -0.39 is 28.2 Å². The van der Waals surface area contributed by atoms with E-state index in [-0.39, 0.29) is 73.6 Å². The zero-order valence-corrected chi connectivity index (χ0v) is 60.7. The number of urea groups is 1. The van der Waals surface area contributed by atoms with Crippen LogP contribution < -0.4 is 55.4 Å². The normalized spacial score (nSPS) is 14.7. The number of carbonyl (C=O) groups is 3. The van der Waals surface area contributed by atoms with E-state index in [9.17, 15) is 53.1 Å². The summed E-state index contributed by atoms with van der Waals surface area (Å²) in [5, 5.41) is 26.9. The Bertz CT molecular complexity index is 4020. The Morgan fingerprint density at radius 3 is 1.34 bits per heavy atom. The Balaban J connectivity index is 0.000000543. The number of hydrogen-bond donors (Lipinski definition) is 7. The zero-order valence-electron chi connectivity index (χ0n) is 60.7. The number of aryl methyl sites for hydroxylation is 3. The van der Waals surface area contributed by atoms with Gasteiger partial charge in [-0.1, -0.05) is 19.7 Å². The smallest absolute Gasteiger partial charge is 0.350 e. The van der Waals surface area contributed by atoms with Gasteiger partial charge >= 0.3 is 28.8 Å². The molecular weight excluding hydrogens is 1190 g/mol. The van der Waals surface area contributed by atoms with Gasteiger partial charge in [-0.3, -0.25) is 53.4 Å². The first-order valence-corrected chi connectivity index (χ1v) is 30.0. The van der Waals surface area contributed by atoms with Crippen LogP contribution in [0.15, 0.2) is 104 Å². The third kappa shape index (κ3) is 23.1. The number of allylic oxidation sites excluding steroid dienone is 1. The number of rotatable bonds is 0. The summed E-state index contributed by atoms with van der Waals surface area (Å²) in [7, 11) is 0. The summed E-state index contributed by atoms with van der Waals surface area (Å²) in [6.45, 7) is 68.4. The molecule has 3 aliphatic heterocycles. The van der Waals surface area contributed by atoms with Crippen LogP contribution in [0.3, 0.4) is 0 Å². The number of amidine groups is 1. The van der Waals surface area contributed by atoms with Crippen molar-refractivity contribution in [2.45, 2.75) is 246 Å². The Labute approximate surface area is 545 Å². The van der Waals surface area contributed by atoms with Crippen LogP contribution in [0.25, 0.3) is 0 Å². The average molecular weight is 1300 g/mol. The maximum atomic E-state index is 11.6. The van der Waals surface area contributed by atoms with Crippen molar-refractivity contribution in [3.63, 3.8) is 0 Å². The molecule has 0 aromatic carbocycles. The van der Waals surface area contributed by atoms with E-state index in [1.807, 2.05) is 155 Å². The molecule has 0 unspecified atom stereocenters. The molecule has 7 heterocycles. The molecule has 28 nitrogen and oxygen atoms in total. The second-order valence-corrected chi connectivity index (χ2v) is 29.2. The van der Waals surface area contributed by atoms with Crippen molar-refractivity contribution >= 4 is 29.4 Å². The molecule has 4 amide bonds. The molecule has 0 aliphatic carbocycles. The fourth-order valence-electron chi connectivity index (χ4n) is 9.63. The van der Waals surface area contributed by atoms with Crippen LogP contribution in [0.5, 0.6) is 5.75 Å². The number of hydrogen-bond acceptors (Lipinski definition) is 17. The maximum Gasteiger partial charge on any atom is 0.350 e. The van der Waals surface area contributed by atoms with Gasteiger partial charge in [0.1, 0.15) is 46.3 Å². The van der Waals surface area contributed by atoms with Gasteiger partial charge in [-0.25, -0.2) is 33.7 Å². The molecule has 7 rings (SSSR count). The molecule has 0 bridgehead atoms. The monoisotopic (exact) mass is 1300 g/mol.